The third-order valence-electron chi connectivity index (χ3n) is 3.45. The lowest BCUT2D eigenvalue weighted by Crippen LogP contribution is -2.30. The van der Waals surface area contributed by atoms with Crippen LogP contribution in [0.2, 0.25) is 0 Å². The van der Waals surface area contributed by atoms with Crippen molar-refractivity contribution >= 4 is 0 Å². The lowest BCUT2D eigenvalue weighted by molar-refractivity contribution is -0.0293. The van der Waals surface area contributed by atoms with Crippen LogP contribution in [0.4, 0.5) is 0 Å². The number of ether oxygens (including phenoxy) is 1. The Hall–Kier alpha value is -1.00. The lowest BCUT2D eigenvalue weighted by Gasteiger charge is -2.29. The van der Waals surface area contributed by atoms with Crippen molar-refractivity contribution in [1.82, 2.24) is 9.97 Å². The monoisotopic (exact) mass is 237 g/mol. The normalized spacial score (nSPS) is 13.8. The summed E-state index contributed by atoms with van der Waals surface area (Å²) >= 11 is 0. The lowest BCUT2D eigenvalue weighted by atomic mass is 9.95. The van der Waals surface area contributed by atoms with Crippen molar-refractivity contribution in [1.29, 1.82) is 0 Å². The van der Waals surface area contributed by atoms with Crippen LogP contribution in [0.15, 0.2) is 6.20 Å². The smallest absolute Gasteiger partial charge is 0.160 e. The Morgan fingerprint density at radius 1 is 1.41 bits per heavy atom. The fourth-order valence-electron chi connectivity index (χ4n) is 2.09. The molecule has 0 bridgehead atoms. The molecule has 0 fully saturated rings. The van der Waals surface area contributed by atoms with Crippen LogP contribution < -0.4 is 5.73 Å². The van der Waals surface area contributed by atoms with E-state index in [0.29, 0.717) is 0 Å². The molecule has 0 aliphatic carbocycles. The first-order valence-corrected chi connectivity index (χ1v) is 6.15. The molecule has 0 aliphatic rings. The SMILES string of the molecule is CCC(CC)(OC)c1ncc([C@@H](C)N)c(C)n1. The Morgan fingerprint density at radius 2 is 2.00 bits per heavy atom. The van der Waals surface area contributed by atoms with Crippen molar-refractivity contribution < 1.29 is 4.74 Å². The number of nitrogens with two attached hydrogens (primary N) is 1. The van der Waals surface area contributed by atoms with Gasteiger partial charge in [-0.2, -0.15) is 0 Å². The second kappa shape index (κ2) is 5.56. The predicted molar refractivity (Wildman–Crippen MR) is 68.6 cm³/mol. The molecule has 0 spiro atoms. The zero-order valence-corrected chi connectivity index (χ0v) is 11.4. The number of aryl methyl sites for hydroxylation is 1. The topological polar surface area (TPSA) is 61.0 Å². The molecule has 1 aromatic heterocycles. The van der Waals surface area contributed by atoms with Crippen LogP contribution in [0.5, 0.6) is 0 Å². The van der Waals surface area contributed by atoms with E-state index in [9.17, 15) is 0 Å². The molecule has 0 unspecified atom stereocenters. The van der Waals surface area contributed by atoms with Crippen LogP contribution in [0.1, 0.15) is 56.7 Å². The fourth-order valence-corrected chi connectivity index (χ4v) is 2.09. The van der Waals surface area contributed by atoms with Crippen LogP contribution in [0, 0.1) is 6.92 Å². The van der Waals surface area contributed by atoms with Crippen LogP contribution >= 0.6 is 0 Å². The predicted octanol–water partition coefficient (Wildman–Crippen LogP) is 2.47. The maximum atomic E-state index is 5.86. The van der Waals surface area contributed by atoms with Gasteiger partial charge in [-0.3, -0.25) is 0 Å². The van der Waals surface area contributed by atoms with E-state index in [1.54, 1.807) is 7.11 Å². The molecule has 0 amide bonds. The molecule has 1 atom stereocenters. The Balaban J connectivity index is 3.20. The van der Waals surface area contributed by atoms with Crippen molar-refractivity contribution in [3.05, 3.63) is 23.3 Å². The second-order valence-electron chi connectivity index (χ2n) is 4.43. The van der Waals surface area contributed by atoms with Gasteiger partial charge in [0, 0.05) is 30.6 Å². The highest BCUT2D eigenvalue weighted by Crippen LogP contribution is 2.30. The fraction of sp³-hybridized carbons (Fsp3) is 0.692. The summed E-state index contributed by atoms with van der Waals surface area (Å²) in [6.45, 7) is 8.08. The van der Waals surface area contributed by atoms with Gasteiger partial charge in [0.15, 0.2) is 5.82 Å². The Labute approximate surface area is 104 Å². The summed E-state index contributed by atoms with van der Waals surface area (Å²) in [6, 6.07) is -0.0377. The molecule has 0 saturated carbocycles. The molecule has 0 aliphatic heterocycles. The van der Waals surface area contributed by atoms with Crippen molar-refractivity contribution in [2.75, 3.05) is 7.11 Å². The molecule has 4 heteroatoms. The van der Waals surface area contributed by atoms with Gasteiger partial charge in [-0.05, 0) is 26.7 Å². The zero-order chi connectivity index (χ0) is 13.1. The van der Waals surface area contributed by atoms with E-state index in [4.69, 9.17) is 10.5 Å². The molecule has 0 radical (unpaired) electrons. The number of hydrogen-bond donors (Lipinski definition) is 1. The second-order valence-corrected chi connectivity index (χ2v) is 4.43. The molecule has 96 valence electrons. The first-order valence-electron chi connectivity index (χ1n) is 6.15. The van der Waals surface area contributed by atoms with Crippen molar-refractivity contribution in [2.24, 2.45) is 5.73 Å². The molecule has 0 saturated heterocycles. The van der Waals surface area contributed by atoms with E-state index in [0.717, 1.165) is 29.9 Å². The summed E-state index contributed by atoms with van der Waals surface area (Å²) in [5.74, 6) is 0.756. The standard InChI is InChI=1S/C13H23N3O/c1-6-13(7-2,17-5)12-15-8-11(9(3)14)10(4)16-12/h8-9H,6-7,14H2,1-5H3/t9-/m1/s1. The minimum absolute atomic E-state index is 0.0377. The van der Waals surface area contributed by atoms with Gasteiger partial charge in [0.05, 0.1) is 0 Å². The van der Waals surface area contributed by atoms with Gasteiger partial charge >= 0.3 is 0 Å². The van der Waals surface area contributed by atoms with Gasteiger partial charge in [0.25, 0.3) is 0 Å². The minimum Gasteiger partial charge on any atom is -0.370 e. The molecule has 0 aromatic carbocycles. The first kappa shape index (κ1) is 14.1. The van der Waals surface area contributed by atoms with Crippen molar-refractivity contribution in [3.63, 3.8) is 0 Å². The molecule has 1 aromatic rings. The maximum Gasteiger partial charge on any atom is 0.160 e. The van der Waals surface area contributed by atoms with E-state index in [-0.39, 0.29) is 11.6 Å². The largest absolute Gasteiger partial charge is 0.370 e. The minimum atomic E-state index is -0.374. The Bertz CT molecular complexity index is 365. The Morgan fingerprint density at radius 3 is 2.35 bits per heavy atom. The van der Waals surface area contributed by atoms with Crippen LogP contribution in [-0.2, 0) is 10.3 Å². The van der Waals surface area contributed by atoms with Gasteiger partial charge in [-0.15, -0.1) is 0 Å². The molecule has 1 rings (SSSR count). The molecule has 2 N–H and O–H groups in total. The van der Waals surface area contributed by atoms with Gasteiger partial charge in [0.2, 0.25) is 0 Å². The van der Waals surface area contributed by atoms with Crippen LogP contribution in [-0.4, -0.2) is 17.1 Å². The van der Waals surface area contributed by atoms with E-state index < -0.39 is 0 Å². The molecule has 1 heterocycles. The number of rotatable bonds is 5. The summed E-state index contributed by atoms with van der Waals surface area (Å²) in [5, 5.41) is 0. The summed E-state index contributed by atoms with van der Waals surface area (Å²) in [6.07, 6.45) is 3.54. The van der Waals surface area contributed by atoms with Gasteiger partial charge in [-0.25, -0.2) is 9.97 Å². The highest BCUT2D eigenvalue weighted by atomic mass is 16.5. The summed E-state index contributed by atoms with van der Waals surface area (Å²) < 4.78 is 5.62. The summed E-state index contributed by atoms with van der Waals surface area (Å²) in [7, 11) is 1.71. The van der Waals surface area contributed by atoms with E-state index >= 15 is 0 Å². The number of aromatic nitrogens is 2. The molecule has 17 heavy (non-hydrogen) atoms. The maximum absolute atomic E-state index is 5.86. The Kier molecular flexibility index (Phi) is 4.60. The summed E-state index contributed by atoms with van der Waals surface area (Å²) in [5.41, 5.74) is 7.42. The van der Waals surface area contributed by atoms with Gasteiger partial charge in [0.1, 0.15) is 5.60 Å². The highest BCUT2D eigenvalue weighted by Gasteiger charge is 2.31. The van der Waals surface area contributed by atoms with Crippen molar-refractivity contribution in [3.8, 4) is 0 Å². The third kappa shape index (κ3) is 2.64. The van der Waals surface area contributed by atoms with Crippen LogP contribution in [0.25, 0.3) is 0 Å². The van der Waals surface area contributed by atoms with E-state index in [1.165, 1.54) is 0 Å². The van der Waals surface area contributed by atoms with E-state index in [2.05, 4.69) is 23.8 Å². The van der Waals surface area contributed by atoms with Crippen LogP contribution in [0.3, 0.4) is 0 Å². The van der Waals surface area contributed by atoms with Gasteiger partial charge < -0.3 is 10.5 Å². The summed E-state index contributed by atoms with van der Waals surface area (Å²) in [4.78, 5) is 8.99. The van der Waals surface area contributed by atoms with Crippen molar-refractivity contribution in [2.45, 2.75) is 52.2 Å². The van der Waals surface area contributed by atoms with Gasteiger partial charge in [-0.1, -0.05) is 13.8 Å². The molecular weight excluding hydrogens is 214 g/mol. The highest BCUT2D eigenvalue weighted by molar-refractivity contribution is 5.21. The third-order valence-corrected chi connectivity index (χ3v) is 3.45. The first-order chi connectivity index (χ1) is 8.00. The average Bonchev–Trinajstić information content (AvgIpc) is 2.32. The number of nitrogens with zero attached hydrogens (tertiary/aromatic N) is 2. The number of hydrogen-bond acceptors (Lipinski definition) is 4. The molecular formula is C13H23N3O. The number of methoxy groups -OCH3 is 1. The zero-order valence-electron chi connectivity index (χ0n) is 11.4. The van der Waals surface area contributed by atoms with E-state index in [1.807, 2.05) is 20.0 Å². The average molecular weight is 237 g/mol. The quantitative estimate of drug-likeness (QED) is 0.854. The molecule has 4 nitrogen and oxygen atoms in total.